The molecule has 1 aliphatic carbocycles. The van der Waals surface area contributed by atoms with Crippen LogP contribution < -0.4 is 9.80 Å². The summed E-state index contributed by atoms with van der Waals surface area (Å²) >= 11 is 0. The molecule has 0 aliphatic heterocycles. The highest BCUT2D eigenvalue weighted by Crippen LogP contribution is 2.30. The van der Waals surface area contributed by atoms with Gasteiger partial charge in [-0.2, -0.15) is 0 Å². The van der Waals surface area contributed by atoms with Gasteiger partial charge in [-0.1, -0.05) is 48.5 Å². The van der Waals surface area contributed by atoms with E-state index in [9.17, 15) is 14.7 Å². The summed E-state index contributed by atoms with van der Waals surface area (Å²) in [6.45, 7) is 0.432. The molecule has 0 bridgehead atoms. The van der Waals surface area contributed by atoms with E-state index in [2.05, 4.69) is 53.4 Å². The minimum absolute atomic E-state index is 0.0642. The molecule has 1 amide bonds. The SMILES string of the molecule is COC(=O)/C=C/c1cccc(N(Cc2ccc(-c3ccc(N(C)C)cc3)cc2)C(=O)[C@H]2CC[C@@H](O)CC2)c1. The zero-order valence-electron chi connectivity index (χ0n) is 22.3. The molecule has 198 valence electrons. The first-order valence-electron chi connectivity index (χ1n) is 13.1. The van der Waals surface area contributed by atoms with Crippen molar-refractivity contribution in [3.8, 4) is 11.1 Å². The zero-order valence-corrected chi connectivity index (χ0v) is 22.3. The summed E-state index contributed by atoms with van der Waals surface area (Å²) in [5.74, 6) is -0.489. The Morgan fingerprint density at radius 1 is 0.895 bits per heavy atom. The van der Waals surface area contributed by atoms with Gasteiger partial charge in [-0.3, -0.25) is 4.79 Å². The monoisotopic (exact) mass is 512 g/mol. The largest absolute Gasteiger partial charge is 0.466 e. The van der Waals surface area contributed by atoms with E-state index < -0.39 is 5.97 Å². The average Bonchev–Trinajstić information content (AvgIpc) is 2.95. The number of nitrogens with zero attached hydrogens (tertiary/aromatic N) is 2. The molecule has 4 rings (SSSR count). The van der Waals surface area contributed by atoms with Crippen molar-refractivity contribution in [1.82, 2.24) is 0 Å². The summed E-state index contributed by atoms with van der Waals surface area (Å²) in [6.07, 6.45) is 5.39. The summed E-state index contributed by atoms with van der Waals surface area (Å²) in [4.78, 5) is 29.2. The van der Waals surface area contributed by atoms with E-state index in [4.69, 9.17) is 4.74 Å². The van der Waals surface area contributed by atoms with Gasteiger partial charge in [0.25, 0.3) is 0 Å². The minimum atomic E-state index is -0.430. The normalized spacial score (nSPS) is 17.3. The van der Waals surface area contributed by atoms with E-state index in [1.165, 1.54) is 13.2 Å². The lowest BCUT2D eigenvalue weighted by molar-refractivity contribution is -0.134. The number of methoxy groups -OCH3 is 1. The van der Waals surface area contributed by atoms with Crippen LogP contribution in [0.3, 0.4) is 0 Å². The second-order valence-corrected chi connectivity index (χ2v) is 10.0. The molecular weight excluding hydrogens is 476 g/mol. The van der Waals surface area contributed by atoms with Crippen LogP contribution >= 0.6 is 0 Å². The first kappa shape index (κ1) is 27.1. The standard InChI is InChI=1S/C32H36N2O4/c1-33(2)28-16-12-26(13-17-28)25-10-7-24(8-11-25)22-34(32(37)27-14-18-30(35)19-15-27)29-6-4-5-23(21-29)9-20-31(36)38-3/h4-13,16-17,20-21,27,30,35H,14-15,18-19,22H2,1-3H3/b20-9+/t27-,30+. The molecule has 0 heterocycles. The van der Waals surface area contributed by atoms with Gasteiger partial charge in [-0.05, 0) is 78.3 Å². The second kappa shape index (κ2) is 12.6. The Morgan fingerprint density at radius 3 is 2.13 bits per heavy atom. The van der Waals surface area contributed by atoms with Crippen LogP contribution in [0.15, 0.2) is 78.9 Å². The first-order chi connectivity index (χ1) is 18.3. The van der Waals surface area contributed by atoms with Gasteiger partial charge < -0.3 is 19.6 Å². The Labute approximate surface area is 225 Å². The molecule has 1 fully saturated rings. The molecule has 0 unspecified atom stereocenters. The van der Waals surface area contributed by atoms with Gasteiger partial charge in [0, 0.05) is 37.5 Å². The van der Waals surface area contributed by atoms with Crippen LogP contribution in [0.2, 0.25) is 0 Å². The van der Waals surface area contributed by atoms with Gasteiger partial charge in [-0.15, -0.1) is 0 Å². The lowest BCUT2D eigenvalue weighted by atomic mass is 9.86. The average molecular weight is 513 g/mol. The Morgan fingerprint density at radius 2 is 1.53 bits per heavy atom. The summed E-state index contributed by atoms with van der Waals surface area (Å²) < 4.78 is 4.70. The van der Waals surface area contributed by atoms with Gasteiger partial charge in [-0.25, -0.2) is 4.79 Å². The summed E-state index contributed by atoms with van der Waals surface area (Å²) in [5.41, 5.74) is 6.02. The van der Waals surface area contributed by atoms with E-state index in [0.717, 1.165) is 33.6 Å². The molecule has 0 aromatic heterocycles. The highest BCUT2D eigenvalue weighted by atomic mass is 16.5. The predicted molar refractivity (Wildman–Crippen MR) is 153 cm³/mol. The molecule has 0 saturated heterocycles. The van der Waals surface area contributed by atoms with Crippen LogP contribution in [-0.4, -0.2) is 44.3 Å². The van der Waals surface area contributed by atoms with Gasteiger partial charge in [0.15, 0.2) is 0 Å². The van der Waals surface area contributed by atoms with Crippen molar-refractivity contribution in [3.63, 3.8) is 0 Å². The zero-order chi connectivity index (χ0) is 27.1. The molecule has 0 spiro atoms. The van der Waals surface area contributed by atoms with E-state index in [1.54, 1.807) is 6.08 Å². The third kappa shape index (κ3) is 6.90. The smallest absolute Gasteiger partial charge is 0.330 e. The van der Waals surface area contributed by atoms with Crippen LogP contribution in [0.4, 0.5) is 11.4 Å². The van der Waals surface area contributed by atoms with Crippen molar-refractivity contribution in [3.05, 3.63) is 90.0 Å². The fourth-order valence-corrected chi connectivity index (χ4v) is 4.81. The number of anilines is 2. The summed E-state index contributed by atoms with van der Waals surface area (Å²) in [6, 6.07) is 24.4. The molecule has 1 aliphatic rings. The Kier molecular flexibility index (Phi) is 8.98. The highest BCUT2D eigenvalue weighted by Gasteiger charge is 2.29. The third-order valence-electron chi connectivity index (χ3n) is 7.12. The van der Waals surface area contributed by atoms with Crippen molar-refractivity contribution in [2.75, 3.05) is 31.0 Å². The Hall–Kier alpha value is -3.90. The molecule has 1 N–H and O–H groups in total. The molecule has 38 heavy (non-hydrogen) atoms. The molecule has 1 saturated carbocycles. The minimum Gasteiger partial charge on any atom is -0.466 e. The number of carbonyl (C=O) groups is 2. The Balaban J connectivity index is 1.58. The molecule has 0 atom stereocenters. The van der Waals surface area contributed by atoms with E-state index >= 15 is 0 Å². The number of aliphatic hydroxyl groups excluding tert-OH is 1. The number of carbonyl (C=O) groups excluding carboxylic acids is 2. The molecular formula is C32H36N2O4. The molecule has 0 radical (unpaired) electrons. The maximum Gasteiger partial charge on any atom is 0.330 e. The topological polar surface area (TPSA) is 70.1 Å². The molecule has 3 aromatic carbocycles. The fourth-order valence-electron chi connectivity index (χ4n) is 4.81. The predicted octanol–water partition coefficient (Wildman–Crippen LogP) is 5.69. The fraction of sp³-hybridized carbons (Fsp3) is 0.312. The van der Waals surface area contributed by atoms with Crippen LogP contribution in [0.1, 0.15) is 36.8 Å². The lowest BCUT2D eigenvalue weighted by Crippen LogP contribution is -2.38. The first-order valence-corrected chi connectivity index (χ1v) is 13.1. The molecule has 6 heteroatoms. The van der Waals surface area contributed by atoms with Crippen molar-refractivity contribution < 1.29 is 19.4 Å². The number of benzene rings is 3. The van der Waals surface area contributed by atoms with Crippen molar-refractivity contribution >= 4 is 29.3 Å². The number of hydrogen-bond acceptors (Lipinski definition) is 5. The molecule has 6 nitrogen and oxygen atoms in total. The number of hydrogen-bond donors (Lipinski definition) is 1. The van der Waals surface area contributed by atoms with Crippen molar-refractivity contribution in [2.45, 2.75) is 38.3 Å². The van der Waals surface area contributed by atoms with E-state index in [0.29, 0.717) is 32.2 Å². The number of aliphatic hydroxyl groups is 1. The van der Waals surface area contributed by atoms with Crippen LogP contribution in [-0.2, 0) is 20.9 Å². The quantitative estimate of drug-likeness (QED) is 0.310. The maximum atomic E-state index is 13.8. The van der Waals surface area contributed by atoms with Crippen LogP contribution in [0.25, 0.3) is 17.2 Å². The lowest BCUT2D eigenvalue weighted by Gasteiger charge is -2.31. The maximum absolute atomic E-state index is 13.8. The molecule has 3 aromatic rings. The highest BCUT2D eigenvalue weighted by molar-refractivity contribution is 5.95. The number of rotatable bonds is 8. The second-order valence-electron chi connectivity index (χ2n) is 10.0. The van der Waals surface area contributed by atoms with E-state index in [-0.39, 0.29) is 17.9 Å². The van der Waals surface area contributed by atoms with Gasteiger partial charge >= 0.3 is 5.97 Å². The van der Waals surface area contributed by atoms with Crippen molar-refractivity contribution in [2.24, 2.45) is 5.92 Å². The summed E-state index contributed by atoms with van der Waals surface area (Å²) in [5, 5.41) is 9.95. The van der Waals surface area contributed by atoms with Crippen LogP contribution in [0.5, 0.6) is 0 Å². The Bertz CT molecular complexity index is 1260. The van der Waals surface area contributed by atoms with Gasteiger partial charge in [0.2, 0.25) is 5.91 Å². The number of amides is 1. The number of esters is 1. The van der Waals surface area contributed by atoms with Crippen LogP contribution in [0, 0.1) is 5.92 Å². The number of ether oxygens (including phenoxy) is 1. The summed E-state index contributed by atoms with van der Waals surface area (Å²) in [7, 11) is 5.39. The van der Waals surface area contributed by atoms with Gasteiger partial charge in [0.1, 0.15) is 0 Å². The van der Waals surface area contributed by atoms with Crippen molar-refractivity contribution in [1.29, 1.82) is 0 Å². The van der Waals surface area contributed by atoms with Gasteiger partial charge in [0.05, 0.1) is 19.8 Å². The van der Waals surface area contributed by atoms with E-state index in [1.807, 2.05) is 43.3 Å². The third-order valence-corrected chi connectivity index (χ3v) is 7.12.